The van der Waals surface area contributed by atoms with Gasteiger partial charge in [-0.3, -0.25) is 4.72 Å². The van der Waals surface area contributed by atoms with E-state index in [2.05, 4.69) is 56.3 Å². The lowest BCUT2D eigenvalue weighted by Crippen LogP contribution is -2.29. The molecule has 0 saturated heterocycles. The second-order valence-electron chi connectivity index (χ2n) is 8.28. The Morgan fingerprint density at radius 2 is 1.85 bits per heavy atom. The number of nitrogens with one attached hydrogen (secondary N) is 2. The maximum atomic E-state index is 13.3. The van der Waals surface area contributed by atoms with E-state index in [1.165, 1.54) is 5.56 Å². The SMILES string of the molecule is CCOc1ccccc1NS(=O)(=O)c1ccc2c(c1)[C@H]1C=CC[C@H]1[C@@H](c1ccccc1Br)N2. The molecule has 0 spiro atoms. The lowest BCUT2D eigenvalue weighted by molar-refractivity contribution is 0.342. The third kappa shape index (κ3) is 4.15. The summed E-state index contributed by atoms with van der Waals surface area (Å²) < 4.78 is 35.9. The van der Waals surface area contributed by atoms with Gasteiger partial charge in [-0.2, -0.15) is 0 Å². The van der Waals surface area contributed by atoms with Gasteiger partial charge in [-0.15, -0.1) is 0 Å². The standard InChI is InChI=1S/C26H25BrN2O3S/c1-2-32-25-13-6-5-12-24(25)29-33(30,31)17-14-15-23-21(16-17)18-9-7-10-19(18)26(28-23)20-8-3-4-11-22(20)27/h3-9,11-16,18-19,26,28-29H,2,10H2,1H3/t18-,19+,26-/m0/s1. The summed E-state index contributed by atoms with van der Waals surface area (Å²) in [6, 6.07) is 20.8. The van der Waals surface area contributed by atoms with E-state index in [0.717, 1.165) is 22.1 Å². The molecule has 1 aliphatic carbocycles. The molecule has 0 amide bonds. The predicted octanol–water partition coefficient (Wildman–Crippen LogP) is 6.48. The van der Waals surface area contributed by atoms with Crippen LogP contribution in [0, 0.1) is 5.92 Å². The fourth-order valence-electron chi connectivity index (χ4n) is 4.81. The summed E-state index contributed by atoms with van der Waals surface area (Å²) in [5.74, 6) is 0.989. The number of rotatable bonds is 6. The van der Waals surface area contributed by atoms with E-state index < -0.39 is 10.0 Å². The number of benzene rings is 3. The van der Waals surface area contributed by atoms with Crippen molar-refractivity contribution in [3.63, 3.8) is 0 Å². The third-order valence-electron chi connectivity index (χ3n) is 6.32. The molecule has 0 unspecified atom stereocenters. The monoisotopic (exact) mass is 524 g/mol. The maximum Gasteiger partial charge on any atom is 0.262 e. The Morgan fingerprint density at radius 1 is 1.06 bits per heavy atom. The van der Waals surface area contributed by atoms with Gasteiger partial charge < -0.3 is 10.1 Å². The molecule has 5 nitrogen and oxygen atoms in total. The summed E-state index contributed by atoms with van der Waals surface area (Å²) in [6.45, 7) is 2.33. The van der Waals surface area contributed by atoms with Crippen molar-refractivity contribution >= 4 is 37.3 Å². The maximum absolute atomic E-state index is 13.3. The normalized spacial score (nSPS) is 21.1. The molecule has 0 bridgehead atoms. The molecule has 1 aliphatic heterocycles. The van der Waals surface area contributed by atoms with Crippen LogP contribution in [0.15, 0.2) is 88.3 Å². The molecule has 5 rings (SSSR count). The molecule has 3 atom stereocenters. The van der Waals surface area contributed by atoms with Crippen LogP contribution in [0.2, 0.25) is 0 Å². The van der Waals surface area contributed by atoms with Gasteiger partial charge in [0.05, 0.1) is 23.2 Å². The van der Waals surface area contributed by atoms with Crippen molar-refractivity contribution in [2.45, 2.75) is 30.2 Å². The molecule has 3 aromatic rings. The fraction of sp³-hybridized carbons (Fsp3) is 0.231. The smallest absolute Gasteiger partial charge is 0.262 e. The second kappa shape index (κ2) is 8.88. The van der Waals surface area contributed by atoms with E-state index in [-0.39, 0.29) is 16.9 Å². The van der Waals surface area contributed by atoms with Crippen LogP contribution in [0.5, 0.6) is 5.75 Å². The van der Waals surface area contributed by atoms with E-state index >= 15 is 0 Å². The number of fused-ring (bicyclic) bond motifs is 3. The average Bonchev–Trinajstić information content (AvgIpc) is 3.30. The zero-order valence-electron chi connectivity index (χ0n) is 18.2. The van der Waals surface area contributed by atoms with Gasteiger partial charge in [-0.25, -0.2) is 8.42 Å². The Labute approximate surface area is 203 Å². The van der Waals surface area contributed by atoms with Gasteiger partial charge in [0.1, 0.15) is 5.75 Å². The quantitative estimate of drug-likeness (QED) is 0.362. The summed E-state index contributed by atoms with van der Waals surface area (Å²) in [6.07, 6.45) is 5.36. The molecule has 170 valence electrons. The summed E-state index contributed by atoms with van der Waals surface area (Å²) in [4.78, 5) is 0.243. The predicted molar refractivity (Wildman–Crippen MR) is 135 cm³/mol. The first kappa shape index (κ1) is 22.0. The zero-order valence-corrected chi connectivity index (χ0v) is 20.6. The fourth-order valence-corrected chi connectivity index (χ4v) is 6.45. The number of hydrogen-bond donors (Lipinski definition) is 2. The van der Waals surface area contributed by atoms with Gasteiger partial charge in [0.15, 0.2) is 0 Å². The lowest BCUT2D eigenvalue weighted by Gasteiger charge is -2.38. The van der Waals surface area contributed by atoms with Gasteiger partial charge in [0, 0.05) is 16.1 Å². The van der Waals surface area contributed by atoms with Crippen LogP contribution >= 0.6 is 15.9 Å². The molecule has 7 heteroatoms. The minimum atomic E-state index is -3.78. The van der Waals surface area contributed by atoms with Crippen LogP contribution in [0.4, 0.5) is 11.4 Å². The summed E-state index contributed by atoms with van der Waals surface area (Å²) in [7, 11) is -3.78. The molecule has 33 heavy (non-hydrogen) atoms. The molecule has 0 fully saturated rings. The highest BCUT2D eigenvalue weighted by Crippen LogP contribution is 2.51. The average molecular weight is 525 g/mol. The molecule has 0 aromatic heterocycles. The molecular formula is C26H25BrN2O3S. The highest BCUT2D eigenvalue weighted by Gasteiger charge is 2.39. The highest BCUT2D eigenvalue weighted by atomic mass is 79.9. The first-order valence-electron chi connectivity index (χ1n) is 11.0. The Kier molecular flexibility index (Phi) is 5.93. The highest BCUT2D eigenvalue weighted by molar-refractivity contribution is 9.10. The minimum absolute atomic E-state index is 0.145. The van der Waals surface area contributed by atoms with Crippen molar-refractivity contribution in [2.24, 2.45) is 5.92 Å². The van der Waals surface area contributed by atoms with Gasteiger partial charge in [-0.05, 0) is 66.8 Å². The molecule has 2 aliphatic rings. The molecule has 2 N–H and O–H groups in total. The number of halogens is 1. The van der Waals surface area contributed by atoms with Crippen LogP contribution in [0.25, 0.3) is 0 Å². The molecule has 0 saturated carbocycles. The van der Waals surface area contributed by atoms with Gasteiger partial charge in [-0.1, -0.05) is 58.4 Å². The van der Waals surface area contributed by atoms with Crippen molar-refractivity contribution in [3.05, 3.63) is 94.5 Å². The Hall–Kier alpha value is -2.77. The Morgan fingerprint density at radius 3 is 2.67 bits per heavy atom. The third-order valence-corrected chi connectivity index (χ3v) is 8.40. The molecule has 0 radical (unpaired) electrons. The molecule has 1 heterocycles. The van der Waals surface area contributed by atoms with Gasteiger partial charge >= 0.3 is 0 Å². The van der Waals surface area contributed by atoms with Crippen molar-refractivity contribution in [3.8, 4) is 5.75 Å². The van der Waals surface area contributed by atoms with Crippen molar-refractivity contribution in [1.82, 2.24) is 0 Å². The van der Waals surface area contributed by atoms with Gasteiger partial charge in [0.25, 0.3) is 10.0 Å². The van der Waals surface area contributed by atoms with E-state index in [9.17, 15) is 8.42 Å². The summed E-state index contributed by atoms with van der Waals surface area (Å²) in [5, 5.41) is 3.67. The van der Waals surface area contributed by atoms with Gasteiger partial charge in [0.2, 0.25) is 0 Å². The summed E-state index contributed by atoms with van der Waals surface area (Å²) >= 11 is 3.70. The van der Waals surface area contributed by atoms with Crippen LogP contribution in [-0.4, -0.2) is 15.0 Å². The number of sulfonamides is 1. The number of hydrogen-bond acceptors (Lipinski definition) is 4. The first-order valence-corrected chi connectivity index (χ1v) is 13.3. The van der Waals surface area contributed by atoms with E-state index in [1.807, 2.05) is 25.1 Å². The second-order valence-corrected chi connectivity index (χ2v) is 10.8. The molecule has 3 aromatic carbocycles. The van der Waals surface area contributed by atoms with Crippen LogP contribution in [0.3, 0.4) is 0 Å². The van der Waals surface area contributed by atoms with Crippen LogP contribution in [0.1, 0.15) is 36.4 Å². The summed E-state index contributed by atoms with van der Waals surface area (Å²) in [5.41, 5.74) is 3.63. The first-order chi connectivity index (χ1) is 16.0. The largest absolute Gasteiger partial charge is 0.492 e. The topological polar surface area (TPSA) is 67.4 Å². The molecular weight excluding hydrogens is 500 g/mol. The number of allylic oxidation sites excluding steroid dienone is 2. The number of anilines is 2. The van der Waals surface area contributed by atoms with E-state index in [1.54, 1.807) is 30.3 Å². The minimum Gasteiger partial charge on any atom is -0.492 e. The van der Waals surface area contributed by atoms with Crippen molar-refractivity contribution in [1.29, 1.82) is 0 Å². The van der Waals surface area contributed by atoms with E-state index in [0.29, 0.717) is 24.0 Å². The van der Waals surface area contributed by atoms with Crippen LogP contribution in [-0.2, 0) is 10.0 Å². The number of para-hydroxylation sites is 2. The number of ether oxygens (including phenoxy) is 1. The lowest BCUT2D eigenvalue weighted by atomic mass is 9.77. The van der Waals surface area contributed by atoms with Crippen LogP contribution < -0.4 is 14.8 Å². The Balaban J connectivity index is 1.49. The zero-order chi connectivity index (χ0) is 23.0. The Bertz CT molecular complexity index is 1320. The van der Waals surface area contributed by atoms with Crippen molar-refractivity contribution in [2.75, 3.05) is 16.6 Å². The van der Waals surface area contributed by atoms with Crippen molar-refractivity contribution < 1.29 is 13.2 Å². The van der Waals surface area contributed by atoms with E-state index in [4.69, 9.17) is 4.74 Å².